The maximum Gasteiger partial charge on any atom is 0.268 e. The van der Waals surface area contributed by atoms with Crippen LogP contribution >= 0.6 is 11.3 Å². The van der Waals surface area contributed by atoms with Gasteiger partial charge in [-0.2, -0.15) is 0 Å². The van der Waals surface area contributed by atoms with Gasteiger partial charge in [0.1, 0.15) is 10.5 Å². The van der Waals surface area contributed by atoms with E-state index in [0.717, 1.165) is 5.52 Å². The summed E-state index contributed by atoms with van der Waals surface area (Å²) in [5.74, 6) is 0.629. The summed E-state index contributed by atoms with van der Waals surface area (Å²) in [7, 11) is 1.92. The number of ether oxygens (including phenoxy) is 1. The van der Waals surface area contributed by atoms with Crippen LogP contribution in [0.2, 0.25) is 0 Å². The number of aromatic amines is 1. The van der Waals surface area contributed by atoms with Crippen LogP contribution in [0.25, 0.3) is 10.2 Å². The first kappa shape index (κ1) is 14.6. The minimum absolute atomic E-state index is 0.0943. The van der Waals surface area contributed by atoms with Crippen LogP contribution < -0.4 is 5.56 Å². The van der Waals surface area contributed by atoms with Gasteiger partial charge in [-0.1, -0.05) is 0 Å². The molecule has 0 bridgehead atoms. The minimum atomic E-state index is -0.709. The molecule has 6 nitrogen and oxygen atoms in total. The van der Waals surface area contributed by atoms with E-state index in [4.69, 9.17) is 4.74 Å². The van der Waals surface area contributed by atoms with E-state index < -0.39 is 5.60 Å². The van der Waals surface area contributed by atoms with Gasteiger partial charge in [-0.3, -0.25) is 9.69 Å². The average Bonchev–Trinajstić information content (AvgIpc) is 2.87. The highest BCUT2D eigenvalue weighted by molar-refractivity contribution is 7.17. The number of fused-ring (bicyclic) bond motifs is 1. The fourth-order valence-electron chi connectivity index (χ4n) is 2.72. The highest BCUT2D eigenvalue weighted by Gasteiger charge is 2.31. The van der Waals surface area contributed by atoms with Crippen LogP contribution in [0.15, 0.2) is 16.2 Å². The average molecular weight is 309 g/mol. The molecule has 114 valence electrons. The largest absolute Gasteiger partial charge is 0.388 e. The molecule has 0 amide bonds. The van der Waals surface area contributed by atoms with Crippen molar-refractivity contribution in [2.45, 2.75) is 25.0 Å². The normalized spacial score (nSPS) is 18.4. The van der Waals surface area contributed by atoms with Crippen LogP contribution in [0.4, 0.5) is 0 Å². The summed E-state index contributed by atoms with van der Waals surface area (Å²) in [6.45, 7) is 2.24. The Kier molecular flexibility index (Phi) is 4.08. The monoisotopic (exact) mass is 309 g/mol. The van der Waals surface area contributed by atoms with E-state index in [1.54, 1.807) is 0 Å². The van der Waals surface area contributed by atoms with Gasteiger partial charge in [0.05, 0.1) is 17.7 Å². The Morgan fingerprint density at radius 2 is 2.29 bits per heavy atom. The van der Waals surface area contributed by atoms with Crippen LogP contribution in [-0.4, -0.2) is 52.4 Å². The van der Waals surface area contributed by atoms with Crippen molar-refractivity contribution in [3.63, 3.8) is 0 Å². The Balaban J connectivity index is 1.70. The molecule has 2 aromatic rings. The van der Waals surface area contributed by atoms with Crippen molar-refractivity contribution < 1.29 is 9.84 Å². The number of likely N-dealkylation sites (N-methyl/N-ethyl adjacent to an activating group) is 1. The van der Waals surface area contributed by atoms with E-state index in [1.807, 2.05) is 23.4 Å². The molecule has 1 aliphatic rings. The molecule has 2 aromatic heterocycles. The van der Waals surface area contributed by atoms with Crippen molar-refractivity contribution in [3.05, 3.63) is 27.6 Å². The summed E-state index contributed by atoms with van der Waals surface area (Å²) >= 11 is 1.40. The van der Waals surface area contributed by atoms with Crippen molar-refractivity contribution in [2.24, 2.45) is 0 Å². The summed E-state index contributed by atoms with van der Waals surface area (Å²) in [5, 5.41) is 12.4. The van der Waals surface area contributed by atoms with Gasteiger partial charge in [0, 0.05) is 32.6 Å². The van der Waals surface area contributed by atoms with E-state index in [1.165, 1.54) is 11.3 Å². The zero-order chi connectivity index (χ0) is 14.9. The number of nitrogens with one attached hydrogen (secondary N) is 1. The van der Waals surface area contributed by atoms with Crippen molar-refractivity contribution in [1.82, 2.24) is 14.9 Å². The molecular weight excluding hydrogens is 290 g/mol. The van der Waals surface area contributed by atoms with Gasteiger partial charge in [0.25, 0.3) is 5.56 Å². The summed E-state index contributed by atoms with van der Waals surface area (Å²) in [6.07, 6.45) is 1.29. The van der Waals surface area contributed by atoms with Crippen LogP contribution in [0.1, 0.15) is 18.7 Å². The third kappa shape index (κ3) is 3.32. The van der Waals surface area contributed by atoms with Gasteiger partial charge >= 0.3 is 0 Å². The van der Waals surface area contributed by atoms with Crippen LogP contribution in [0, 0.1) is 0 Å². The lowest BCUT2D eigenvalue weighted by Gasteiger charge is -2.35. The summed E-state index contributed by atoms with van der Waals surface area (Å²) < 4.78 is 5.94. The maximum absolute atomic E-state index is 11.9. The standard InChI is InChI=1S/C14H19N3O3S/c1-17(9-14(19)3-5-20-6-4-14)8-11-15-10-2-7-21-12(10)13(18)16-11/h2,7,19H,3-6,8-9H2,1H3,(H,15,16,18). The summed E-state index contributed by atoms with van der Waals surface area (Å²) in [6, 6.07) is 1.85. The molecule has 0 unspecified atom stereocenters. The summed E-state index contributed by atoms with van der Waals surface area (Å²) in [5.41, 5.74) is -0.0696. The lowest BCUT2D eigenvalue weighted by Crippen LogP contribution is -2.45. The number of H-pyrrole nitrogens is 1. The molecule has 3 rings (SSSR count). The molecule has 21 heavy (non-hydrogen) atoms. The number of nitrogens with zero attached hydrogens (tertiary/aromatic N) is 2. The van der Waals surface area contributed by atoms with E-state index in [2.05, 4.69) is 9.97 Å². The number of hydrogen-bond acceptors (Lipinski definition) is 6. The number of rotatable bonds is 4. The van der Waals surface area contributed by atoms with Crippen molar-refractivity contribution >= 4 is 21.6 Å². The second-order valence-corrected chi connectivity index (χ2v) is 6.57. The molecule has 0 spiro atoms. The van der Waals surface area contributed by atoms with E-state index in [-0.39, 0.29) is 5.56 Å². The van der Waals surface area contributed by atoms with Crippen LogP contribution in [0.3, 0.4) is 0 Å². The van der Waals surface area contributed by atoms with Crippen molar-refractivity contribution in [1.29, 1.82) is 0 Å². The van der Waals surface area contributed by atoms with Gasteiger partial charge in [0.15, 0.2) is 0 Å². The van der Waals surface area contributed by atoms with Gasteiger partial charge in [-0.15, -0.1) is 11.3 Å². The molecule has 3 heterocycles. The molecule has 1 aliphatic heterocycles. The zero-order valence-electron chi connectivity index (χ0n) is 12.0. The Bertz CT molecular complexity index is 675. The van der Waals surface area contributed by atoms with E-state index in [0.29, 0.717) is 49.7 Å². The second-order valence-electron chi connectivity index (χ2n) is 5.66. The SMILES string of the molecule is CN(Cc1nc2ccsc2c(=O)[nH]1)CC1(O)CCOCC1. The highest BCUT2D eigenvalue weighted by Crippen LogP contribution is 2.22. The first-order valence-electron chi connectivity index (χ1n) is 7.01. The third-order valence-corrected chi connectivity index (χ3v) is 4.67. The molecular formula is C14H19N3O3S. The molecule has 0 aliphatic carbocycles. The molecule has 2 N–H and O–H groups in total. The Labute approximate surface area is 126 Å². The summed E-state index contributed by atoms with van der Waals surface area (Å²) in [4.78, 5) is 21.2. The molecule has 1 saturated heterocycles. The van der Waals surface area contributed by atoms with Gasteiger partial charge in [-0.05, 0) is 18.5 Å². The number of thiophene rings is 1. The molecule has 7 heteroatoms. The topological polar surface area (TPSA) is 78.5 Å². The lowest BCUT2D eigenvalue weighted by atomic mass is 9.94. The van der Waals surface area contributed by atoms with Gasteiger partial charge in [0.2, 0.25) is 0 Å². The first-order chi connectivity index (χ1) is 10.1. The smallest absolute Gasteiger partial charge is 0.268 e. The van der Waals surface area contributed by atoms with Crippen molar-refractivity contribution in [3.8, 4) is 0 Å². The highest BCUT2D eigenvalue weighted by atomic mass is 32.1. The molecule has 0 aromatic carbocycles. The molecule has 0 radical (unpaired) electrons. The zero-order valence-corrected chi connectivity index (χ0v) is 12.8. The Morgan fingerprint density at radius 1 is 1.52 bits per heavy atom. The molecule has 1 fully saturated rings. The first-order valence-corrected chi connectivity index (χ1v) is 7.89. The quantitative estimate of drug-likeness (QED) is 0.879. The molecule has 0 atom stereocenters. The fraction of sp³-hybridized carbons (Fsp3) is 0.571. The predicted molar refractivity (Wildman–Crippen MR) is 81.6 cm³/mol. The number of aliphatic hydroxyl groups is 1. The lowest BCUT2D eigenvalue weighted by molar-refractivity contribution is -0.0779. The van der Waals surface area contributed by atoms with Crippen molar-refractivity contribution in [2.75, 3.05) is 26.8 Å². The van der Waals surface area contributed by atoms with E-state index >= 15 is 0 Å². The maximum atomic E-state index is 11.9. The Hall–Kier alpha value is -1.28. The third-order valence-electron chi connectivity index (χ3n) is 3.77. The van der Waals surface area contributed by atoms with Crippen LogP contribution in [0.5, 0.6) is 0 Å². The minimum Gasteiger partial charge on any atom is -0.388 e. The number of aromatic nitrogens is 2. The number of hydrogen-bond donors (Lipinski definition) is 2. The van der Waals surface area contributed by atoms with Gasteiger partial charge in [-0.25, -0.2) is 4.98 Å². The fourth-order valence-corrected chi connectivity index (χ4v) is 3.45. The van der Waals surface area contributed by atoms with Gasteiger partial charge < -0.3 is 14.8 Å². The second kappa shape index (κ2) is 5.84. The van der Waals surface area contributed by atoms with E-state index in [9.17, 15) is 9.90 Å². The molecule has 0 saturated carbocycles. The van der Waals surface area contributed by atoms with Crippen LogP contribution in [-0.2, 0) is 11.3 Å². The predicted octanol–water partition coefficient (Wildman–Crippen LogP) is 0.958. The Morgan fingerprint density at radius 3 is 3.05 bits per heavy atom.